The van der Waals surface area contributed by atoms with Crippen molar-refractivity contribution in [1.29, 1.82) is 0 Å². The fourth-order valence-electron chi connectivity index (χ4n) is 11.1. The van der Waals surface area contributed by atoms with E-state index in [0.717, 1.165) is 117 Å². The molecule has 0 radical (unpaired) electrons. The molecule has 1 unspecified atom stereocenters. The molecule has 1 saturated heterocycles. The molecule has 2 amide bonds. The van der Waals surface area contributed by atoms with Gasteiger partial charge in [-0.1, -0.05) is 97.0 Å². The summed E-state index contributed by atoms with van der Waals surface area (Å²) >= 11 is 14.4. The van der Waals surface area contributed by atoms with Gasteiger partial charge in [-0.3, -0.25) is 14.5 Å². The van der Waals surface area contributed by atoms with Crippen LogP contribution in [0, 0.1) is 0 Å². The maximum absolute atomic E-state index is 14.2. The summed E-state index contributed by atoms with van der Waals surface area (Å²) < 4.78 is 2.26. The first kappa shape index (κ1) is 46.4. The molecule has 13 heteroatoms. The van der Waals surface area contributed by atoms with Gasteiger partial charge in [-0.15, -0.1) is 0 Å². The smallest absolute Gasteiger partial charge is 0.250 e. The monoisotopic (exact) mass is 979 g/mol. The highest BCUT2D eigenvalue weighted by Gasteiger charge is 2.38. The van der Waals surface area contributed by atoms with Crippen molar-refractivity contribution in [2.75, 3.05) is 68.1 Å². The number of fused-ring (bicyclic) bond motifs is 4. The molecule has 0 bridgehead atoms. The molecule has 0 aliphatic carbocycles. The van der Waals surface area contributed by atoms with E-state index >= 15 is 0 Å². The number of carbonyl (C=O) groups excluding carboxylic acids is 2. The standard InChI is InChI=1S/C58H55Cl2N9O2/c1-7-49(70)67-26-23-37-13-14-41(31-46(37)67)52-54-45(60)22-25-62-58(54)69(56(52)39-11-9-36(10-12-39)33-64(5)6)48-34-68(50(71)8-2)47-32-40(17-20-43(47)48)51-53-44(59)21-24-61-57(53)63-55(51)38-15-18-42(19-16-38)66-29-27-65(28-30-66)35(3)4/h7-22,24-25,31-32,35,48H,1-2,23,26-30,33-34H2,3-6H3,(H,61,63). The number of H-pyrrole nitrogens is 1. The number of aromatic amines is 1. The highest BCUT2D eigenvalue weighted by atomic mass is 35.5. The first-order valence-corrected chi connectivity index (χ1v) is 25.0. The lowest BCUT2D eigenvalue weighted by Gasteiger charge is -2.38. The first-order valence-electron chi connectivity index (χ1n) is 24.3. The number of anilines is 3. The van der Waals surface area contributed by atoms with Crippen LogP contribution in [0.5, 0.6) is 0 Å². The zero-order valence-electron chi connectivity index (χ0n) is 40.4. The van der Waals surface area contributed by atoms with E-state index in [-0.39, 0.29) is 11.8 Å². The number of benzene rings is 4. The van der Waals surface area contributed by atoms with Crippen LogP contribution in [0.4, 0.5) is 17.1 Å². The topological polar surface area (TPSA) is 96.8 Å². The van der Waals surface area contributed by atoms with Crippen LogP contribution in [0.2, 0.25) is 10.0 Å². The minimum Gasteiger partial charge on any atom is -0.369 e. The number of carbonyl (C=O) groups is 2. The Morgan fingerprint density at radius 3 is 2.07 bits per heavy atom. The number of hydrogen-bond donors (Lipinski definition) is 1. The SMILES string of the molecule is C=CC(=O)N1CCc2ccc(-c3c(-c4ccc(CN(C)C)cc4)n(C4CN(C(=O)C=C)c5cc(-c6c(-c7ccc(N8CCN(C(C)C)CC8)cc7)[nH]c7nccc(Cl)c67)ccc54)c4nccc(Cl)c34)cc21. The lowest BCUT2D eigenvalue weighted by Crippen LogP contribution is -2.48. The van der Waals surface area contributed by atoms with E-state index in [9.17, 15) is 9.59 Å². The van der Waals surface area contributed by atoms with Gasteiger partial charge in [0.2, 0.25) is 11.8 Å². The lowest BCUT2D eigenvalue weighted by molar-refractivity contribution is -0.114. The second kappa shape index (κ2) is 18.6. The third-order valence-corrected chi connectivity index (χ3v) is 15.2. The van der Waals surface area contributed by atoms with Crippen molar-refractivity contribution >= 4 is 74.1 Å². The van der Waals surface area contributed by atoms with Gasteiger partial charge in [0.1, 0.15) is 11.3 Å². The molecular formula is C58H55Cl2N9O2. The maximum Gasteiger partial charge on any atom is 0.250 e. The highest BCUT2D eigenvalue weighted by Crippen LogP contribution is 2.51. The van der Waals surface area contributed by atoms with Gasteiger partial charge in [0.25, 0.3) is 0 Å². The fourth-order valence-corrected chi connectivity index (χ4v) is 11.6. The van der Waals surface area contributed by atoms with Crippen molar-refractivity contribution < 1.29 is 9.59 Å². The fraction of sp³-hybridized carbons (Fsp3) is 0.241. The van der Waals surface area contributed by atoms with E-state index < -0.39 is 6.04 Å². The summed E-state index contributed by atoms with van der Waals surface area (Å²) in [6.45, 7) is 17.9. The summed E-state index contributed by atoms with van der Waals surface area (Å²) in [5.41, 5.74) is 14.6. The molecule has 7 heterocycles. The number of piperazine rings is 1. The van der Waals surface area contributed by atoms with Crippen LogP contribution in [0.15, 0.2) is 135 Å². The van der Waals surface area contributed by atoms with Gasteiger partial charge in [0.15, 0.2) is 0 Å². The Morgan fingerprint density at radius 1 is 0.732 bits per heavy atom. The molecule has 4 aromatic carbocycles. The molecule has 11 rings (SSSR count). The van der Waals surface area contributed by atoms with Crippen LogP contribution in [0.25, 0.3) is 66.8 Å². The van der Waals surface area contributed by atoms with Gasteiger partial charge in [-0.05, 0) is 116 Å². The third-order valence-electron chi connectivity index (χ3n) is 14.6. The number of nitrogens with one attached hydrogen (secondary N) is 1. The normalized spacial score (nSPS) is 15.9. The summed E-state index contributed by atoms with van der Waals surface area (Å²) in [6.07, 6.45) is 6.95. The van der Waals surface area contributed by atoms with Gasteiger partial charge < -0.3 is 29.2 Å². The van der Waals surface area contributed by atoms with Crippen LogP contribution in [0.1, 0.15) is 36.6 Å². The van der Waals surface area contributed by atoms with Crippen LogP contribution in [0.3, 0.4) is 0 Å². The van der Waals surface area contributed by atoms with E-state index in [2.05, 4.69) is 150 Å². The summed E-state index contributed by atoms with van der Waals surface area (Å²) in [7, 11) is 4.12. The Balaban J connectivity index is 1.08. The van der Waals surface area contributed by atoms with E-state index in [1.54, 1.807) is 17.3 Å². The zero-order chi connectivity index (χ0) is 49.2. The summed E-state index contributed by atoms with van der Waals surface area (Å²) in [6, 6.07) is 33.8. The number of nitrogens with zero attached hydrogens (tertiary/aromatic N) is 8. The average molecular weight is 981 g/mol. The Morgan fingerprint density at radius 2 is 1.37 bits per heavy atom. The van der Waals surface area contributed by atoms with Crippen LogP contribution in [-0.2, 0) is 22.6 Å². The largest absolute Gasteiger partial charge is 0.369 e. The molecule has 3 aliphatic rings. The Labute approximate surface area is 424 Å². The number of pyridine rings is 2. The van der Waals surface area contributed by atoms with Crippen LogP contribution < -0.4 is 14.7 Å². The Bertz CT molecular complexity index is 3420. The number of hydrogen-bond acceptors (Lipinski definition) is 7. The van der Waals surface area contributed by atoms with Crippen molar-refractivity contribution in [3.05, 3.63) is 162 Å². The molecule has 358 valence electrons. The summed E-state index contributed by atoms with van der Waals surface area (Å²) in [5, 5.41) is 2.70. The molecule has 1 N–H and O–H groups in total. The van der Waals surface area contributed by atoms with Gasteiger partial charge in [0, 0.05) is 102 Å². The zero-order valence-corrected chi connectivity index (χ0v) is 41.9. The van der Waals surface area contributed by atoms with Crippen LogP contribution in [-0.4, -0.2) is 101 Å². The predicted octanol–water partition coefficient (Wildman–Crippen LogP) is 11.7. The second-order valence-corrected chi connectivity index (χ2v) is 20.1. The number of halogens is 2. The third kappa shape index (κ3) is 8.11. The van der Waals surface area contributed by atoms with E-state index in [1.807, 2.05) is 17.0 Å². The average Bonchev–Trinajstić information content (AvgIpc) is 4.17. The van der Waals surface area contributed by atoms with E-state index in [1.165, 1.54) is 23.4 Å². The maximum atomic E-state index is 14.2. The predicted molar refractivity (Wildman–Crippen MR) is 291 cm³/mol. The molecule has 0 spiro atoms. The molecule has 8 aromatic rings. The molecule has 71 heavy (non-hydrogen) atoms. The van der Waals surface area contributed by atoms with Gasteiger partial charge in [-0.2, -0.15) is 0 Å². The van der Waals surface area contributed by atoms with Gasteiger partial charge in [0.05, 0.1) is 34.0 Å². The minimum atomic E-state index is -0.405. The number of aromatic nitrogens is 4. The summed E-state index contributed by atoms with van der Waals surface area (Å²) in [5.74, 6) is -0.367. The quantitative estimate of drug-likeness (QED) is 0.129. The molecule has 11 nitrogen and oxygen atoms in total. The van der Waals surface area contributed by atoms with Gasteiger partial charge in [-0.25, -0.2) is 9.97 Å². The molecule has 1 atom stereocenters. The second-order valence-electron chi connectivity index (χ2n) is 19.3. The van der Waals surface area contributed by atoms with Crippen LogP contribution >= 0.6 is 23.2 Å². The minimum absolute atomic E-state index is 0.142. The van der Waals surface area contributed by atoms with E-state index in [0.29, 0.717) is 40.5 Å². The lowest BCUT2D eigenvalue weighted by atomic mass is 9.95. The molecule has 4 aromatic heterocycles. The van der Waals surface area contributed by atoms with Crippen molar-refractivity contribution in [2.45, 2.75) is 38.9 Å². The highest BCUT2D eigenvalue weighted by molar-refractivity contribution is 6.37. The van der Waals surface area contributed by atoms with Crippen molar-refractivity contribution in [1.82, 2.24) is 29.3 Å². The van der Waals surface area contributed by atoms with Gasteiger partial charge >= 0.3 is 0 Å². The first-order chi connectivity index (χ1) is 34.4. The molecular weight excluding hydrogens is 926 g/mol. The Kier molecular flexibility index (Phi) is 12.2. The molecule has 1 fully saturated rings. The summed E-state index contributed by atoms with van der Waals surface area (Å²) in [4.78, 5) is 51.6. The van der Waals surface area contributed by atoms with E-state index in [4.69, 9.17) is 33.2 Å². The van der Waals surface area contributed by atoms with Crippen molar-refractivity contribution in [2.24, 2.45) is 0 Å². The van der Waals surface area contributed by atoms with Crippen molar-refractivity contribution in [3.8, 4) is 44.8 Å². The van der Waals surface area contributed by atoms with Crippen molar-refractivity contribution in [3.63, 3.8) is 0 Å². The Hall–Kier alpha value is -7.02. The molecule has 3 aliphatic heterocycles. The number of rotatable bonds is 11. The number of amides is 2. The molecule has 0 saturated carbocycles.